The number of hydrogen-bond donors (Lipinski definition) is 31. The van der Waals surface area contributed by atoms with Gasteiger partial charge in [-0.3, -0.25) is 0 Å². The van der Waals surface area contributed by atoms with Gasteiger partial charge in [0, 0.05) is 91.2 Å². The smallest absolute Gasteiger partial charge is 0.218 e. The number of hydrogen-bond acceptors (Lipinski definition) is 40. The average Bonchev–Trinajstić information content (AvgIpc) is 2.93. The van der Waals surface area contributed by atoms with Crippen LogP contribution in [0.4, 0.5) is 0 Å². The molecule has 88 heavy (non-hydrogen) atoms. The Morgan fingerprint density at radius 1 is 0.216 bits per heavy atom. The zero-order chi connectivity index (χ0) is 67.0. The van der Waals surface area contributed by atoms with E-state index in [4.69, 9.17) is 42.6 Å². The minimum Gasteiger partial charge on any atom is -0.506 e. The van der Waals surface area contributed by atoms with Gasteiger partial charge >= 0.3 is 0 Å². The van der Waals surface area contributed by atoms with Gasteiger partial charge in [0.05, 0.1) is 6.61 Å². The maximum Gasteiger partial charge on any atom is 0.218 e. The Morgan fingerprint density at radius 3 is 0.580 bits per heavy atom. The lowest BCUT2D eigenvalue weighted by Crippen LogP contribution is -2.61. The normalized spacial score (nSPS) is 39.4. The van der Waals surface area contributed by atoms with E-state index in [0.717, 1.165) is 0 Å². The van der Waals surface area contributed by atoms with Crippen molar-refractivity contribution in [1.82, 2.24) is 0 Å². The fraction of sp³-hybridized carbons (Fsp3) is 0.708. The summed E-state index contributed by atoms with van der Waals surface area (Å²) in [4.78, 5) is 0. The van der Waals surface area contributed by atoms with E-state index in [1.807, 2.05) is 0 Å². The van der Waals surface area contributed by atoms with Crippen LogP contribution < -0.4 is 0 Å². The molecular weight excluding hydrogens is 1220 g/mol. The van der Waals surface area contributed by atoms with Crippen molar-refractivity contribution in [1.29, 1.82) is 0 Å². The molecule has 3 aliphatic rings. The van der Waals surface area contributed by atoms with Gasteiger partial charge in [0.2, 0.25) is 44.0 Å². The van der Waals surface area contributed by atoms with Crippen molar-refractivity contribution in [2.75, 3.05) is 52.9 Å². The van der Waals surface area contributed by atoms with Gasteiger partial charge in [-0.2, -0.15) is 0 Å². The zero-order valence-electron chi connectivity index (χ0n) is 46.1. The van der Waals surface area contributed by atoms with Gasteiger partial charge in [0.15, 0.2) is 86.9 Å². The van der Waals surface area contributed by atoms with Crippen molar-refractivity contribution in [3.8, 4) is 0 Å². The molecule has 1 fully saturated rings. The third-order valence-electron chi connectivity index (χ3n) is 12.5. The van der Waals surface area contributed by atoms with Crippen LogP contribution in [0.25, 0.3) is 0 Å². The molecular formula is C48H80O40. The monoisotopic (exact) mass is 1300 g/mol. The lowest BCUT2D eigenvalue weighted by Gasteiger charge is -2.43. The Morgan fingerprint density at radius 2 is 0.398 bits per heavy atom. The first-order valence-corrected chi connectivity index (χ1v) is 26.1. The lowest BCUT2D eigenvalue weighted by atomic mass is 9.98. The Balaban J connectivity index is 2.90. The standard InChI is InChI=1S/C48H80O40/c49-8-1-16-24(57)32(65)41(73)81-17(2-9-50)25(58)34(67)43(75)83-19(4-11-52)27(60)36(69)45(77)85-21(6-13-54)29(62)38(71)47(79)88-40-23(15-56)87-48(39(72)31(40)64)86-22(7-14-55)30(63)37(70)46(78)84-20(5-12-53)28(61)35(68)44(76)82-18(3-10-51)26(59)33(66)42(74)80-16/h16-23,31,39-79H,1-15H2/b32-24-,33-26+,34-25-,35-28?,36-27+,37-30-,38-29+. The van der Waals surface area contributed by atoms with Crippen LogP contribution in [0, 0.1) is 0 Å². The van der Waals surface area contributed by atoms with Crippen LogP contribution >= 0.6 is 0 Å². The molecule has 0 saturated carbocycles. The van der Waals surface area contributed by atoms with E-state index in [0.29, 0.717) is 0 Å². The summed E-state index contributed by atoms with van der Waals surface area (Å²) in [5.41, 5.74) is 0. The van der Waals surface area contributed by atoms with Crippen LogP contribution in [0.1, 0.15) is 44.9 Å². The molecule has 3 heterocycles. The molecule has 0 radical (unpaired) electrons. The molecule has 3 aliphatic heterocycles. The van der Waals surface area contributed by atoms with Crippen LogP contribution in [0.2, 0.25) is 0 Å². The van der Waals surface area contributed by atoms with Crippen molar-refractivity contribution in [2.45, 2.75) is 162 Å². The molecule has 1 saturated heterocycles. The fourth-order valence-electron chi connectivity index (χ4n) is 7.77. The maximum atomic E-state index is 11.1. The van der Waals surface area contributed by atoms with Crippen LogP contribution in [0.3, 0.4) is 0 Å². The van der Waals surface area contributed by atoms with Gasteiger partial charge < -0.3 is 201 Å². The quantitative estimate of drug-likeness (QED) is 0.0725. The van der Waals surface area contributed by atoms with Gasteiger partial charge in [-0.05, 0) is 0 Å². The lowest BCUT2D eigenvalue weighted by molar-refractivity contribution is -0.329. The number of aliphatic hydroxyl groups excluding tert-OH is 31. The van der Waals surface area contributed by atoms with E-state index in [2.05, 4.69) is 0 Å². The van der Waals surface area contributed by atoms with E-state index in [1.54, 1.807) is 0 Å². The van der Waals surface area contributed by atoms with Crippen molar-refractivity contribution in [3.05, 3.63) is 80.6 Å². The van der Waals surface area contributed by atoms with Gasteiger partial charge in [-0.1, -0.05) is 0 Å². The second-order valence-corrected chi connectivity index (χ2v) is 18.6. The molecule has 0 amide bonds. The summed E-state index contributed by atoms with van der Waals surface area (Å²) in [7, 11) is 0. The van der Waals surface area contributed by atoms with E-state index in [1.165, 1.54) is 0 Å². The van der Waals surface area contributed by atoms with Crippen LogP contribution in [-0.4, -0.2) is 329 Å². The molecule has 512 valence electrons. The van der Waals surface area contributed by atoms with E-state index in [9.17, 15) is 158 Å². The molecule has 40 nitrogen and oxygen atoms in total. The van der Waals surface area contributed by atoms with Crippen molar-refractivity contribution in [2.24, 2.45) is 0 Å². The summed E-state index contributed by atoms with van der Waals surface area (Å²) in [6, 6.07) is 0. The minimum absolute atomic E-state index is 0.804. The molecule has 40 heteroatoms. The number of fused-ring (bicyclic) bond motifs is 30. The topological polar surface area (TPSA) is 710 Å². The van der Waals surface area contributed by atoms with Gasteiger partial charge in [0.25, 0.3) is 0 Å². The molecule has 19 unspecified atom stereocenters. The number of rotatable bonds is 15. The molecule has 2 bridgehead atoms. The molecule has 0 aromatic rings. The summed E-state index contributed by atoms with van der Waals surface area (Å²) < 4.78 is 46.1. The Kier molecular flexibility index (Phi) is 34.0. The third kappa shape index (κ3) is 21.5. The predicted molar refractivity (Wildman–Crippen MR) is 277 cm³/mol. The summed E-state index contributed by atoms with van der Waals surface area (Å²) in [5.74, 6) is -22.9. The first-order chi connectivity index (χ1) is 41.4. The number of aliphatic hydroxyl groups is 31. The first-order valence-electron chi connectivity index (χ1n) is 26.1. The second kappa shape index (κ2) is 38.1. The predicted octanol–water partition coefficient (Wildman–Crippen LogP) is -6.28. The van der Waals surface area contributed by atoms with Crippen molar-refractivity contribution < 1.29 is 201 Å². The molecule has 19 atom stereocenters. The fourth-order valence-corrected chi connectivity index (χ4v) is 7.77. The van der Waals surface area contributed by atoms with Crippen molar-refractivity contribution in [3.63, 3.8) is 0 Å². The highest BCUT2D eigenvalue weighted by Crippen LogP contribution is 2.32. The Hall–Kier alpha value is -5.66. The van der Waals surface area contributed by atoms with Gasteiger partial charge in [0.1, 0.15) is 67.1 Å². The van der Waals surface area contributed by atoms with Crippen LogP contribution in [0.15, 0.2) is 80.6 Å². The van der Waals surface area contributed by atoms with Gasteiger partial charge in [-0.25, -0.2) is 0 Å². The zero-order valence-corrected chi connectivity index (χ0v) is 46.1. The third-order valence-corrected chi connectivity index (χ3v) is 12.5. The SMILES string of the molecule is OCCC1OC(O)/C(O)=C(/O)C(CCO)OC2OC(CO)C(OC(O)/C(O)=C(\O)C(CCO)OC(O)/C(O)=C(\O)C(CCO)OC(O)/C(O)=C(/O)C(CCO)OC(O)/C(O)=C(/O)C(CCO)OC(O)/C(O)=C(\O)C(CCO)OC(O)C(O)=C1O)C(O)C2O. The van der Waals surface area contributed by atoms with Crippen LogP contribution in [0.5, 0.6) is 0 Å². The molecule has 0 aromatic carbocycles. The average molecular weight is 1300 g/mol. The summed E-state index contributed by atoms with van der Waals surface area (Å²) in [5, 5.41) is 327. The molecule has 0 aliphatic carbocycles. The highest BCUT2D eigenvalue weighted by molar-refractivity contribution is 5.16. The maximum absolute atomic E-state index is 11.1. The largest absolute Gasteiger partial charge is 0.506 e. The Labute approximate surface area is 496 Å². The Bertz CT molecular complexity index is 2340. The highest BCUT2D eigenvalue weighted by Gasteiger charge is 2.49. The first kappa shape index (κ1) is 78.4. The molecule has 0 spiro atoms. The minimum atomic E-state index is -2.91. The summed E-state index contributed by atoms with van der Waals surface area (Å²) in [6.07, 6.45) is -53.4. The number of ether oxygens (including phenoxy) is 9. The second-order valence-electron chi connectivity index (χ2n) is 18.6. The van der Waals surface area contributed by atoms with E-state index >= 15 is 0 Å². The van der Waals surface area contributed by atoms with Crippen LogP contribution in [-0.2, 0) is 42.6 Å². The molecule has 31 N–H and O–H groups in total. The summed E-state index contributed by atoms with van der Waals surface area (Å²) in [6.45, 7) is -8.35. The van der Waals surface area contributed by atoms with Gasteiger partial charge in [-0.15, -0.1) is 0 Å². The highest BCUT2D eigenvalue weighted by atomic mass is 16.7. The summed E-state index contributed by atoms with van der Waals surface area (Å²) >= 11 is 0. The van der Waals surface area contributed by atoms with Crippen molar-refractivity contribution >= 4 is 0 Å². The van der Waals surface area contributed by atoms with E-state index < -0.39 is 296 Å². The van der Waals surface area contributed by atoms with E-state index in [-0.39, 0.29) is 0 Å². The molecule has 0 aromatic heterocycles. The molecule has 3 rings (SSSR count).